The van der Waals surface area contributed by atoms with Crippen LogP contribution in [0.15, 0.2) is 27.5 Å². The van der Waals surface area contributed by atoms with Crippen molar-refractivity contribution in [1.82, 2.24) is 4.98 Å². The van der Waals surface area contributed by atoms with Crippen molar-refractivity contribution in [3.05, 3.63) is 23.1 Å². The SMILES string of the molecule is CC(=O)Oc1cncc2c(Br)coc12. The van der Waals surface area contributed by atoms with E-state index in [-0.39, 0.29) is 0 Å². The molecule has 0 unspecified atom stereocenters. The van der Waals surface area contributed by atoms with E-state index in [1.165, 1.54) is 19.4 Å². The van der Waals surface area contributed by atoms with Crippen LogP contribution >= 0.6 is 15.9 Å². The molecule has 2 rings (SSSR count). The lowest BCUT2D eigenvalue weighted by molar-refractivity contribution is -0.131. The van der Waals surface area contributed by atoms with Gasteiger partial charge in [0.25, 0.3) is 0 Å². The maximum atomic E-state index is 10.8. The average molecular weight is 256 g/mol. The number of ether oxygens (including phenoxy) is 1. The summed E-state index contributed by atoms with van der Waals surface area (Å²) in [5, 5.41) is 0.781. The highest BCUT2D eigenvalue weighted by Crippen LogP contribution is 2.31. The van der Waals surface area contributed by atoms with E-state index >= 15 is 0 Å². The molecule has 0 saturated heterocycles. The van der Waals surface area contributed by atoms with E-state index in [4.69, 9.17) is 9.15 Å². The van der Waals surface area contributed by atoms with Crippen LogP contribution in [-0.2, 0) is 4.79 Å². The Kier molecular flexibility index (Phi) is 2.25. The molecule has 14 heavy (non-hydrogen) atoms. The van der Waals surface area contributed by atoms with E-state index in [0.29, 0.717) is 11.3 Å². The molecule has 0 fully saturated rings. The second kappa shape index (κ2) is 3.42. The summed E-state index contributed by atoms with van der Waals surface area (Å²) in [7, 11) is 0. The number of furan rings is 1. The molecular weight excluding hydrogens is 250 g/mol. The Hall–Kier alpha value is -1.36. The molecule has 0 atom stereocenters. The molecule has 0 aromatic carbocycles. The summed E-state index contributed by atoms with van der Waals surface area (Å²) < 4.78 is 10.9. The van der Waals surface area contributed by atoms with Gasteiger partial charge < -0.3 is 9.15 Å². The van der Waals surface area contributed by atoms with Gasteiger partial charge in [0.1, 0.15) is 6.26 Å². The molecule has 2 aromatic rings. The van der Waals surface area contributed by atoms with Gasteiger partial charge in [0, 0.05) is 13.1 Å². The number of pyridine rings is 1. The minimum Gasteiger partial charge on any atom is -0.459 e. The highest BCUT2D eigenvalue weighted by atomic mass is 79.9. The summed E-state index contributed by atoms with van der Waals surface area (Å²) in [6.45, 7) is 1.33. The second-order valence-electron chi connectivity index (χ2n) is 2.69. The normalized spacial score (nSPS) is 10.4. The van der Waals surface area contributed by atoms with Crippen molar-refractivity contribution in [2.24, 2.45) is 0 Å². The Morgan fingerprint density at radius 1 is 1.57 bits per heavy atom. The number of carbonyl (C=O) groups excluding carboxylic acids is 1. The quantitative estimate of drug-likeness (QED) is 0.735. The third-order valence-electron chi connectivity index (χ3n) is 1.66. The van der Waals surface area contributed by atoms with E-state index < -0.39 is 5.97 Å². The van der Waals surface area contributed by atoms with Crippen LogP contribution in [0.1, 0.15) is 6.92 Å². The van der Waals surface area contributed by atoms with Crippen molar-refractivity contribution < 1.29 is 13.9 Å². The number of rotatable bonds is 1. The van der Waals surface area contributed by atoms with E-state index in [0.717, 1.165) is 9.86 Å². The summed E-state index contributed by atoms with van der Waals surface area (Å²) in [6.07, 6.45) is 4.61. The van der Waals surface area contributed by atoms with Crippen LogP contribution in [0.3, 0.4) is 0 Å². The predicted octanol–water partition coefficient (Wildman–Crippen LogP) is 2.52. The molecular formula is C9H6BrNO3. The van der Waals surface area contributed by atoms with E-state index in [1.54, 1.807) is 6.20 Å². The molecule has 0 bridgehead atoms. The van der Waals surface area contributed by atoms with Gasteiger partial charge in [-0.25, -0.2) is 0 Å². The third kappa shape index (κ3) is 1.50. The Bertz CT molecular complexity index is 492. The van der Waals surface area contributed by atoms with Crippen molar-refractivity contribution >= 4 is 32.9 Å². The fourth-order valence-corrected chi connectivity index (χ4v) is 1.50. The van der Waals surface area contributed by atoms with Crippen molar-refractivity contribution in [2.75, 3.05) is 0 Å². The lowest BCUT2D eigenvalue weighted by Crippen LogP contribution is -2.01. The van der Waals surface area contributed by atoms with Gasteiger partial charge in [0.05, 0.1) is 16.1 Å². The molecule has 0 aliphatic carbocycles. The number of hydrogen-bond acceptors (Lipinski definition) is 4. The van der Waals surface area contributed by atoms with E-state index in [1.807, 2.05) is 0 Å². The van der Waals surface area contributed by atoms with Crippen LogP contribution in [0.2, 0.25) is 0 Å². The largest absolute Gasteiger partial charge is 0.459 e. The second-order valence-corrected chi connectivity index (χ2v) is 3.55. The van der Waals surface area contributed by atoms with Gasteiger partial charge in [0.15, 0.2) is 11.3 Å². The van der Waals surface area contributed by atoms with Gasteiger partial charge in [-0.05, 0) is 15.9 Å². The fourth-order valence-electron chi connectivity index (χ4n) is 1.12. The zero-order chi connectivity index (χ0) is 10.1. The molecule has 0 N–H and O–H groups in total. The Morgan fingerprint density at radius 3 is 3.07 bits per heavy atom. The van der Waals surface area contributed by atoms with Gasteiger partial charge in [-0.2, -0.15) is 0 Å². The zero-order valence-corrected chi connectivity index (χ0v) is 8.87. The fraction of sp³-hybridized carbons (Fsp3) is 0.111. The topological polar surface area (TPSA) is 52.3 Å². The molecule has 5 heteroatoms. The van der Waals surface area contributed by atoms with Crippen LogP contribution in [0.5, 0.6) is 5.75 Å². The van der Waals surface area contributed by atoms with Gasteiger partial charge in [-0.3, -0.25) is 9.78 Å². The lowest BCUT2D eigenvalue weighted by Gasteiger charge is -1.99. The number of hydrogen-bond donors (Lipinski definition) is 0. The molecule has 0 saturated carbocycles. The molecule has 4 nitrogen and oxygen atoms in total. The van der Waals surface area contributed by atoms with Crippen molar-refractivity contribution in [2.45, 2.75) is 6.92 Å². The minimum absolute atomic E-state index is 0.334. The summed E-state index contributed by atoms with van der Waals surface area (Å²) in [6, 6.07) is 0. The summed E-state index contributed by atoms with van der Waals surface area (Å²) in [4.78, 5) is 14.7. The Labute approximate surface area is 88.0 Å². The first-order valence-electron chi connectivity index (χ1n) is 3.87. The first-order chi connectivity index (χ1) is 6.68. The van der Waals surface area contributed by atoms with Crippen LogP contribution in [0, 0.1) is 0 Å². The number of aromatic nitrogens is 1. The Balaban J connectivity index is 2.59. The molecule has 0 spiro atoms. The summed E-state index contributed by atoms with van der Waals surface area (Å²) in [5.74, 6) is -0.0625. The number of esters is 1. The highest BCUT2D eigenvalue weighted by molar-refractivity contribution is 9.10. The maximum Gasteiger partial charge on any atom is 0.308 e. The molecule has 2 aromatic heterocycles. The third-order valence-corrected chi connectivity index (χ3v) is 2.27. The molecule has 72 valence electrons. The number of fused-ring (bicyclic) bond motifs is 1. The number of halogens is 1. The van der Waals surface area contributed by atoms with Crippen molar-refractivity contribution in [3.8, 4) is 5.75 Å². The van der Waals surface area contributed by atoms with Crippen LogP contribution in [0.4, 0.5) is 0 Å². The van der Waals surface area contributed by atoms with Crippen LogP contribution in [0.25, 0.3) is 11.0 Å². The first kappa shape index (κ1) is 9.21. The van der Waals surface area contributed by atoms with E-state index in [2.05, 4.69) is 20.9 Å². The summed E-state index contributed by atoms with van der Waals surface area (Å²) >= 11 is 3.29. The summed E-state index contributed by atoms with van der Waals surface area (Å²) in [5.41, 5.74) is 0.516. The average Bonchev–Trinajstić information content (AvgIpc) is 2.49. The number of nitrogens with zero attached hydrogens (tertiary/aromatic N) is 1. The number of carbonyl (C=O) groups is 1. The smallest absolute Gasteiger partial charge is 0.308 e. The molecule has 0 aliphatic heterocycles. The zero-order valence-electron chi connectivity index (χ0n) is 7.28. The maximum absolute atomic E-state index is 10.8. The van der Waals surface area contributed by atoms with Crippen LogP contribution < -0.4 is 4.74 Å². The van der Waals surface area contributed by atoms with Crippen molar-refractivity contribution in [1.29, 1.82) is 0 Å². The van der Waals surface area contributed by atoms with Crippen LogP contribution in [-0.4, -0.2) is 11.0 Å². The van der Waals surface area contributed by atoms with Crippen molar-refractivity contribution in [3.63, 3.8) is 0 Å². The lowest BCUT2D eigenvalue weighted by atomic mass is 10.3. The first-order valence-corrected chi connectivity index (χ1v) is 4.67. The molecule has 0 aliphatic rings. The van der Waals surface area contributed by atoms with Gasteiger partial charge in [-0.1, -0.05) is 0 Å². The monoisotopic (exact) mass is 255 g/mol. The molecule has 2 heterocycles. The standard InChI is InChI=1S/C9H6BrNO3/c1-5(12)14-8-3-11-2-6-7(10)4-13-9(6)8/h2-4H,1H3. The molecule has 0 radical (unpaired) electrons. The van der Waals surface area contributed by atoms with Gasteiger partial charge >= 0.3 is 5.97 Å². The van der Waals surface area contributed by atoms with E-state index in [9.17, 15) is 4.79 Å². The predicted molar refractivity (Wildman–Crippen MR) is 53.0 cm³/mol. The minimum atomic E-state index is -0.396. The Morgan fingerprint density at radius 2 is 2.36 bits per heavy atom. The highest BCUT2D eigenvalue weighted by Gasteiger charge is 2.10. The van der Waals surface area contributed by atoms with Gasteiger partial charge in [0.2, 0.25) is 0 Å². The molecule has 0 amide bonds. The van der Waals surface area contributed by atoms with Gasteiger partial charge in [-0.15, -0.1) is 0 Å².